The molecule has 0 aromatic heterocycles. The van der Waals surface area contributed by atoms with Crippen LogP contribution in [0, 0.1) is 5.82 Å². The van der Waals surface area contributed by atoms with Crippen LogP contribution in [-0.2, 0) is 6.42 Å². The van der Waals surface area contributed by atoms with Gasteiger partial charge in [0, 0.05) is 0 Å². The summed E-state index contributed by atoms with van der Waals surface area (Å²) in [5.41, 5.74) is 0.866. The highest BCUT2D eigenvalue weighted by Gasteiger charge is 2.14. The maximum atomic E-state index is 13.2. The lowest BCUT2D eigenvalue weighted by molar-refractivity contribution is 0.281. The van der Waals surface area contributed by atoms with Crippen LogP contribution in [0.15, 0.2) is 18.2 Å². The van der Waals surface area contributed by atoms with Crippen molar-refractivity contribution < 1.29 is 19.1 Å². The van der Waals surface area contributed by atoms with Crippen molar-refractivity contribution in [2.45, 2.75) is 19.8 Å². The number of hydrogen-bond donors (Lipinski definition) is 2. The summed E-state index contributed by atoms with van der Waals surface area (Å²) >= 11 is 0. The molecule has 1 aromatic carbocycles. The molecule has 1 aromatic rings. The van der Waals surface area contributed by atoms with Gasteiger partial charge in [0.15, 0.2) is 5.82 Å². The summed E-state index contributed by atoms with van der Waals surface area (Å²) in [4.78, 5) is 0. The van der Waals surface area contributed by atoms with E-state index in [0.29, 0.717) is 0 Å². The summed E-state index contributed by atoms with van der Waals surface area (Å²) in [5.74, 6) is -0.732. The number of hydrogen-bond acceptors (Lipinski definition) is 3. The second kappa shape index (κ2) is 4.98. The van der Waals surface area contributed by atoms with Crippen molar-refractivity contribution in [3.05, 3.63) is 29.6 Å². The normalized spacial score (nSPS) is 10.0. The number of halogens is 1. The summed E-state index contributed by atoms with van der Waals surface area (Å²) in [7, 11) is -1.98. The molecule has 0 fully saturated rings. The molecule has 0 heterocycles. The van der Waals surface area contributed by atoms with Gasteiger partial charge in [-0.05, 0) is 24.1 Å². The van der Waals surface area contributed by atoms with Crippen molar-refractivity contribution in [3.8, 4) is 5.75 Å². The van der Waals surface area contributed by atoms with Crippen LogP contribution >= 0.6 is 0 Å². The quantitative estimate of drug-likeness (QED) is 0.712. The summed E-state index contributed by atoms with van der Waals surface area (Å²) in [6, 6.07) is 4.42. The van der Waals surface area contributed by atoms with E-state index in [0.717, 1.165) is 18.4 Å². The molecule has 0 atom stereocenters. The van der Waals surface area contributed by atoms with Crippen molar-refractivity contribution in [2.24, 2.45) is 0 Å². The maximum absolute atomic E-state index is 13.2. The average Bonchev–Trinajstić information content (AvgIpc) is 2.10. The van der Waals surface area contributed by atoms with E-state index in [-0.39, 0.29) is 5.75 Å². The molecule has 0 bridgehead atoms. The molecule has 0 saturated heterocycles. The molecule has 76 valence electrons. The van der Waals surface area contributed by atoms with Crippen molar-refractivity contribution in [1.82, 2.24) is 0 Å². The molecule has 0 saturated carbocycles. The zero-order chi connectivity index (χ0) is 10.6. The Bertz CT molecular complexity index is 304. The highest BCUT2D eigenvalue weighted by Crippen LogP contribution is 2.19. The monoisotopic (exact) mass is 198 g/mol. The molecule has 2 N–H and O–H groups in total. The van der Waals surface area contributed by atoms with E-state index in [1.165, 1.54) is 12.1 Å². The Labute approximate surface area is 82.3 Å². The summed E-state index contributed by atoms with van der Waals surface area (Å²) in [6.07, 6.45) is 1.72. The zero-order valence-corrected chi connectivity index (χ0v) is 7.90. The molecule has 0 unspecified atom stereocenters. The van der Waals surface area contributed by atoms with Gasteiger partial charge in [0.2, 0.25) is 0 Å². The van der Waals surface area contributed by atoms with Gasteiger partial charge in [-0.1, -0.05) is 19.4 Å². The minimum Gasteiger partial charge on any atom is -0.510 e. The topological polar surface area (TPSA) is 49.7 Å². The van der Waals surface area contributed by atoms with E-state index < -0.39 is 13.1 Å². The first-order valence-corrected chi connectivity index (χ1v) is 4.44. The van der Waals surface area contributed by atoms with Crippen LogP contribution in [-0.4, -0.2) is 17.4 Å². The predicted molar refractivity (Wildman–Crippen MR) is 51.2 cm³/mol. The first-order chi connectivity index (χ1) is 6.63. The summed E-state index contributed by atoms with van der Waals surface area (Å²) in [5, 5.41) is 16.9. The van der Waals surface area contributed by atoms with Gasteiger partial charge >= 0.3 is 7.32 Å². The van der Waals surface area contributed by atoms with Crippen LogP contribution < -0.4 is 4.65 Å². The maximum Gasteiger partial charge on any atom is 0.707 e. The van der Waals surface area contributed by atoms with Gasteiger partial charge in [-0.15, -0.1) is 0 Å². The lowest BCUT2D eigenvalue weighted by Crippen LogP contribution is -2.21. The SMILES string of the molecule is CCCc1ccc(OB(O)O)c(F)c1. The minimum absolute atomic E-state index is 0.153. The molecule has 3 nitrogen and oxygen atoms in total. The summed E-state index contributed by atoms with van der Waals surface area (Å²) < 4.78 is 17.6. The van der Waals surface area contributed by atoms with Crippen LogP contribution in [0.25, 0.3) is 0 Å². The van der Waals surface area contributed by atoms with Gasteiger partial charge in [-0.25, -0.2) is 4.39 Å². The van der Waals surface area contributed by atoms with Gasteiger partial charge in [0.05, 0.1) is 0 Å². The van der Waals surface area contributed by atoms with Crippen LogP contribution in [0.2, 0.25) is 0 Å². The van der Waals surface area contributed by atoms with E-state index >= 15 is 0 Å². The van der Waals surface area contributed by atoms with Crippen LogP contribution in [0.5, 0.6) is 5.75 Å². The van der Waals surface area contributed by atoms with E-state index in [2.05, 4.69) is 4.65 Å². The molecule has 0 aliphatic carbocycles. The molecular formula is C9H12BFO3. The third kappa shape index (κ3) is 3.01. The standard InChI is InChI=1S/C9H12BFO3/c1-2-3-7-4-5-9(8(11)6-7)14-10(12)13/h4-6,12-13H,2-3H2,1H3. The predicted octanol–water partition coefficient (Wildman–Crippen LogP) is 1.13. The van der Waals surface area contributed by atoms with E-state index in [1.54, 1.807) is 6.07 Å². The first-order valence-electron chi connectivity index (χ1n) is 4.44. The van der Waals surface area contributed by atoms with Crippen LogP contribution in [0.3, 0.4) is 0 Å². The Morgan fingerprint density at radius 1 is 1.43 bits per heavy atom. The molecule has 0 spiro atoms. The Hall–Kier alpha value is -1.07. The third-order valence-electron chi connectivity index (χ3n) is 1.77. The van der Waals surface area contributed by atoms with Gasteiger partial charge in [-0.2, -0.15) is 0 Å². The lowest BCUT2D eigenvalue weighted by atomic mass is 10.1. The number of rotatable bonds is 4. The van der Waals surface area contributed by atoms with E-state index in [1.807, 2.05) is 6.92 Å². The average molecular weight is 198 g/mol. The highest BCUT2D eigenvalue weighted by molar-refractivity contribution is 6.33. The molecule has 1 rings (SSSR count). The number of benzene rings is 1. The van der Waals surface area contributed by atoms with Gasteiger partial charge in [0.1, 0.15) is 5.75 Å². The van der Waals surface area contributed by atoms with E-state index in [9.17, 15) is 4.39 Å². The van der Waals surface area contributed by atoms with Crippen molar-refractivity contribution in [3.63, 3.8) is 0 Å². The smallest absolute Gasteiger partial charge is 0.510 e. The summed E-state index contributed by atoms with van der Waals surface area (Å²) in [6.45, 7) is 2.00. The molecule has 0 amide bonds. The second-order valence-electron chi connectivity index (χ2n) is 2.96. The Kier molecular flexibility index (Phi) is 3.91. The largest absolute Gasteiger partial charge is 0.707 e. The fourth-order valence-electron chi connectivity index (χ4n) is 1.20. The molecule has 0 aliphatic rings. The fraction of sp³-hybridized carbons (Fsp3) is 0.333. The van der Waals surface area contributed by atoms with Gasteiger partial charge in [-0.3, -0.25) is 0 Å². The second-order valence-corrected chi connectivity index (χ2v) is 2.96. The number of aryl methyl sites for hydroxylation is 1. The molecule has 0 aliphatic heterocycles. The third-order valence-corrected chi connectivity index (χ3v) is 1.77. The van der Waals surface area contributed by atoms with Gasteiger partial charge in [0.25, 0.3) is 0 Å². The van der Waals surface area contributed by atoms with Crippen molar-refractivity contribution >= 4 is 7.32 Å². The van der Waals surface area contributed by atoms with Crippen LogP contribution in [0.4, 0.5) is 4.39 Å². The molecule has 0 radical (unpaired) electrons. The van der Waals surface area contributed by atoms with Crippen molar-refractivity contribution in [2.75, 3.05) is 0 Å². The minimum atomic E-state index is -1.98. The van der Waals surface area contributed by atoms with E-state index in [4.69, 9.17) is 10.0 Å². The molecular weight excluding hydrogens is 186 g/mol. The first kappa shape index (κ1) is 11.0. The van der Waals surface area contributed by atoms with Gasteiger partial charge < -0.3 is 14.7 Å². The molecule has 5 heteroatoms. The Morgan fingerprint density at radius 2 is 2.14 bits per heavy atom. The zero-order valence-electron chi connectivity index (χ0n) is 7.90. The lowest BCUT2D eigenvalue weighted by Gasteiger charge is -2.07. The fourth-order valence-corrected chi connectivity index (χ4v) is 1.20. The van der Waals surface area contributed by atoms with Crippen LogP contribution in [0.1, 0.15) is 18.9 Å². The van der Waals surface area contributed by atoms with Crippen molar-refractivity contribution in [1.29, 1.82) is 0 Å². The highest BCUT2D eigenvalue weighted by atomic mass is 19.1. The molecule has 14 heavy (non-hydrogen) atoms. The Morgan fingerprint density at radius 3 is 2.64 bits per heavy atom. The Balaban J connectivity index is 2.79.